The molecular formula is C11H21N. The second-order valence-electron chi connectivity index (χ2n) is 5.10. The molecule has 12 heavy (non-hydrogen) atoms. The molecule has 0 amide bonds. The fourth-order valence-corrected chi connectivity index (χ4v) is 2.33. The zero-order valence-corrected chi connectivity index (χ0v) is 8.40. The van der Waals surface area contributed by atoms with Gasteiger partial charge < -0.3 is 5.32 Å². The number of rotatable bonds is 3. The minimum Gasteiger partial charge on any atom is -0.313 e. The molecule has 1 N–H and O–H groups in total. The summed E-state index contributed by atoms with van der Waals surface area (Å²) < 4.78 is 0. The third-order valence-corrected chi connectivity index (χ3v) is 3.95. The average molecular weight is 167 g/mol. The molecule has 0 aromatic heterocycles. The molecule has 2 aliphatic carbocycles. The Morgan fingerprint density at radius 1 is 1.33 bits per heavy atom. The molecule has 0 spiro atoms. The van der Waals surface area contributed by atoms with Crippen molar-refractivity contribution in [3.63, 3.8) is 0 Å². The van der Waals surface area contributed by atoms with E-state index in [1.807, 2.05) is 0 Å². The minimum atomic E-state index is 0.614. The van der Waals surface area contributed by atoms with Crippen molar-refractivity contribution in [2.75, 3.05) is 6.54 Å². The van der Waals surface area contributed by atoms with E-state index in [9.17, 15) is 0 Å². The lowest BCUT2D eigenvalue weighted by Gasteiger charge is -2.29. The van der Waals surface area contributed by atoms with Gasteiger partial charge in [-0.25, -0.2) is 0 Å². The van der Waals surface area contributed by atoms with Crippen LogP contribution in [0.25, 0.3) is 0 Å². The Kier molecular flexibility index (Phi) is 2.16. The predicted octanol–water partition coefficient (Wildman–Crippen LogP) is 2.56. The van der Waals surface area contributed by atoms with Crippen LogP contribution in [-0.4, -0.2) is 12.6 Å². The number of hydrogen-bond acceptors (Lipinski definition) is 1. The molecule has 0 aromatic rings. The van der Waals surface area contributed by atoms with Crippen LogP contribution in [0.2, 0.25) is 0 Å². The summed E-state index contributed by atoms with van der Waals surface area (Å²) in [6.45, 7) is 6.14. The van der Waals surface area contributed by atoms with E-state index in [-0.39, 0.29) is 0 Å². The van der Waals surface area contributed by atoms with Crippen molar-refractivity contribution in [2.24, 2.45) is 11.3 Å². The lowest BCUT2D eigenvalue weighted by molar-refractivity contribution is 0.234. The van der Waals surface area contributed by atoms with E-state index in [4.69, 9.17) is 0 Å². The van der Waals surface area contributed by atoms with Gasteiger partial charge in [0.15, 0.2) is 0 Å². The molecular weight excluding hydrogens is 146 g/mol. The summed E-state index contributed by atoms with van der Waals surface area (Å²) in [5, 5.41) is 3.67. The van der Waals surface area contributed by atoms with E-state index >= 15 is 0 Å². The molecule has 70 valence electrons. The Hall–Kier alpha value is -0.0400. The zero-order valence-electron chi connectivity index (χ0n) is 8.40. The highest BCUT2D eigenvalue weighted by atomic mass is 15.0. The zero-order chi connectivity index (χ0) is 8.60. The van der Waals surface area contributed by atoms with Gasteiger partial charge in [0.25, 0.3) is 0 Å². The van der Waals surface area contributed by atoms with Crippen molar-refractivity contribution in [1.29, 1.82) is 0 Å². The summed E-state index contributed by atoms with van der Waals surface area (Å²) in [5.41, 5.74) is 0.614. The Labute approximate surface area is 75.9 Å². The van der Waals surface area contributed by atoms with Crippen molar-refractivity contribution in [3.8, 4) is 0 Å². The van der Waals surface area contributed by atoms with Gasteiger partial charge in [0.05, 0.1) is 0 Å². The predicted molar refractivity (Wildman–Crippen MR) is 52.1 cm³/mol. The van der Waals surface area contributed by atoms with E-state index in [1.54, 1.807) is 0 Å². The molecule has 0 saturated heterocycles. The highest BCUT2D eigenvalue weighted by molar-refractivity contribution is 4.91. The highest BCUT2D eigenvalue weighted by Gasteiger charge is 2.36. The lowest BCUT2D eigenvalue weighted by atomic mass is 9.81. The molecule has 1 nitrogen and oxygen atoms in total. The molecule has 0 heterocycles. The first-order valence-corrected chi connectivity index (χ1v) is 5.44. The van der Waals surface area contributed by atoms with Gasteiger partial charge >= 0.3 is 0 Å². The molecule has 1 heteroatoms. The normalized spacial score (nSPS) is 42.0. The first-order chi connectivity index (χ1) is 5.71. The van der Waals surface area contributed by atoms with Crippen molar-refractivity contribution >= 4 is 0 Å². The molecule has 0 bridgehead atoms. The van der Waals surface area contributed by atoms with Crippen LogP contribution in [0.5, 0.6) is 0 Å². The SMILES string of the molecule is CC1CCCC1(C)CNC1CC1. The second-order valence-corrected chi connectivity index (χ2v) is 5.10. The summed E-state index contributed by atoms with van der Waals surface area (Å²) >= 11 is 0. The fourth-order valence-electron chi connectivity index (χ4n) is 2.33. The molecule has 0 radical (unpaired) electrons. The van der Waals surface area contributed by atoms with Crippen molar-refractivity contribution in [1.82, 2.24) is 5.32 Å². The third kappa shape index (κ3) is 1.66. The molecule has 2 fully saturated rings. The van der Waals surface area contributed by atoms with Gasteiger partial charge in [-0.15, -0.1) is 0 Å². The van der Waals surface area contributed by atoms with E-state index < -0.39 is 0 Å². The van der Waals surface area contributed by atoms with Gasteiger partial charge in [0, 0.05) is 12.6 Å². The largest absolute Gasteiger partial charge is 0.313 e. The molecule has 2 rings (SSSR count). The highest BCUT2D eigenvalue weighted by Crippen LogP contribution is 2.42. The van der Waals surface area contributed by atoms with E-state index in [2.05, 4.69) is 19.2 Å². The van der Waals surface area contributed by atoms with Crippen LogP contribution in [-0.2, 0) is 0 Å². The average Bonchev–Trinajstić information content (AvgIpc) is 2.79. The van der Waals surface area contributed by atoms with Crippen LogP contribution in [0.4, 0.5) is 0 Å². The van der Waals surface area contributed by atoms with E-state index in [1.165, 1.54) is 38.6 Å². The molecule has 2 atom stereocenters. The van der Waals surface area contributed by atoms with Crippen LogP contribution >= 0.6 is 0 Å². The first kappa shape index (κ1) is 8.55. The van der Waals surface area contributed by atoms with Gasteiger partial charge in [-0.3, -0.25) is 0 Å². The maximum atomic E-state index is 3.67. The minimum absolute atomic E-state index is 0.614. The van der Waals surface area contributed by atoms with Crippen LogP contribution in [0, 0.1) is 11.3 Å². The molecule has 2 aliphatic rings. The second kappa shape index (κ2) is 3.02. The summed E-state index contributed by atoms with van der Waals surface area (Å²) in [4.78, 5) is 0. The van der Waals surface area contributed by atoms with Crippen molar-refractivity contribution in [2.45, 2.75) is 52.0 Å². The van der Waals surface area contributed by atoms with Gasteiger partial charge in [-0.1, -0.05) is 26.7 Å². The Morgan fingerprint density at radius 2 is 2.08 bits per heavy atom. The summed E-state index contributed by atoms with van der Waals surface area (Å²) in [6.07, 6.45) is 7.18. The maximum Gasteiger partial charge on any atom is 0.00684 e. The summed E-state index contributed by atoms with van der Waals surface area (Å²) in [6, 6.07) is 0.884. The quantitative estimate of drug-likeness (QED) is 0.681. The van der Waals surface area contributed by atoms with Gasteiger partial charge in [-0.2, -0.15) is 0 Å². The lowest BCUT2D eigenvalue weighted by Crippen LogP contribution is -2.34. The Bertz CT molecular complexity index is 162. The van der Waals surface area contributed by atoms with Gasteiger partial charge in [0.1, 0.15) is 0 Å². The fraction of sp³-hybridized carbons (Fsp3) is 1.00. The van der Waals surface area contributed by atoms with E-state index in [0.717, 1.165) is 12.0 Å². The summed E-state index contributed by atoms with van der Waals surface area (Å²) in [5.74, 6) is 0.934. The van der Waals surface area contributed by atoms with E-state index in [0.29, 0.717) is 5.41 Å². The van der Waals surface area contributed by atoms with Gasteiger partial charge in [-0.05, 0) is 30.6 Å². The first-order valence-electron chi connectivity index (χ1n) is 5.44. The smallest absolute Gasteiger partial charge is 0.00684 e. The number of hydrogen-bond donors (Lipinski definition) is 1. The Morgan fingerprint density at radius 3 is 2.58 bits per heavy atom. The van der Waals surface area contributed by atoms with Crippen molar-refractivity contribution < 1.29 is 0 Å². The number of nitrogens with one attached hydrogen (secondary N) is 1. The van der Waals surface area contributed by atoms with Crippen LogP contribution < -0.4 is 5.32 Å². The molecule has 2 unspecified atom stereocenters. The van der Waals surface area contributed by atoms with Crippen LogP contribution in [0.1, 0.15) is 46.0 Å². The molecule has 0 aromatic carbocycles. The van der Waals surface area contributed by atoms with Gasteiger partial charge in [0.2, 0.25) is 0 Å². The monoisotopic (exact) mass is 167 g/mol. The summed E-state index contributed by atoms with van der Waals surface area (Å²) in [7, 11) is 0. The molecule has 0 aliphatic heterocycles. The maximum absolute atomic E-state index is 3.67. The van der Waals surface area contributed by atoms with Crippen LogP contribution in [0.3, 0.4) is 0 Å². The molecule has 2 saturated carbocycles. The third-order valence-electron chi connectivity index (χ3n) is 3.95. The standard InChI is InChI=1S/C11H21N/c1-9-4-3-7-11(9,2)8-12-10-5-6-10/h9-10,12H,3-8H2,1-2H3. The topological polar surface area (TPSA) is 12.0 Å². The van der Waals surface area contributed by atoms with Crippen LogP contribution in [0.15, 0.2) is 0 Å². The Balaban J connectivity index is 1.82. The van der Waals surface area contributed by atoms with Crippen molar-refractivity contribution in [3.05, 3.63) is 0 Å².